The maximum Gasteiger partial charge on any atom is 0.246 e. The SMILES string of the molecule is Cc1cc(Br)cc(C)c1NC(=O)C1(N)CCOC1. The summed E-state index contributed by atoms with van der Waals surface area (Å²) in [6.07, 6.45) is 0.563. The molecule has 0 saturated carbocycles. The number of anilines is 1. The van der Waals surface area contributed by atoms with Crippen molar-refractivity contribution in [1.82, 2.24) is 0 Å². The van der Waals surface area contributed by atoms with Gasteiger partial charge in [0.15, 0.2) is 0 Å². The molecule has 1 aliphatic heterocycles. The molecule has 1 aromatic carbocycles. The molecule has 1 unspecified atom stereocenters. The maximum atomic E-state index is 12.2. The van der Waals surface area contributed by atoms with Gasteiger partial charge in [-0.1, -0.05) is 15.9 Å². The molecule has 0 bridgehead atoms. The number of carbonyl (C=O) groups excluding carboxylic acids is 1. The Morgan fingerprint density at radius 3 is 2.56 bits per heavy atom. The van der Waals surface area contributed by atoms with Crippen LogP contribution in [0.15, 0.2) is 16.6 Å². The fourth-order valence-corrected chi connectivity index (χ4v) is 2.79. The van der Waals surface area contributed by atoms with Crippen molar-refractivity contribution in [3.05, 3.63) is 27.7 Å². The van der Waals surface area contributed by atoms with Gasteiger partial charge in [0.05, 0.1) is 6.61 Å². The van der Waals surface area contributed by atoms with E-state index in [1.165, 1.54) is 0 Å². The molecule has 1 atom stereocenters. The van der Waals surface area contributed by atoms with E-state index in [9.17, 15) is 4.79 Å². The highest BCUT2D eigenvalue weighted by molar-refractivity contribution is 9.10. The molecule has 1 heterocycles. The molecular weight excluding hydrogens is 296 g/mol. The third kappa shape index (κ3) is 2.58. The molecule has 1 amide bonds. The number of aryl methyl sites for hydroxylation is 2. The zero-order chi connectivity index (χ0) is 13.3. The predicted octanol–water partition coefficient (Wildman–Crippen LogP) is 2.12. The standard InChI is InChI=1S/C13H17BrN2O2/c1-8-5-10(14)6-9(2)11(8)16-12(17)13(15)3-4-18-7-13/h5-6H,3-4,7,15H2,1-2H3,(H,16,17). The lowest BCUT2D eigenvalue weighted by molar-refractivity contribution is -0.121. The number of hydrogen-bond donors (Lipinski definition) is 2. The molecule has 1 aliphatic rings. The van der Waals surface area contributed by atoms with Gasteiger partial charge in [0.25, 0.3) is 0 Å². The topological polar surface area (TPSA) is 64.4 Å². The molecule has 1 aromatic rings. The fourth-order valence-electron chi connectivity index (χ4n) is 2.11. The van der Waals surface area contributed by atoms with E-state index in [1.807, 2.05) is 26.0 Å². The van der Waals surface area contributed by atoms with Crippen LogP contribution in [0.3, 0.4) is 0 Å². The molecule has 0 radical (unpaired) electrons. The molecule has 2 rings (SSSR count). The summed E-state index contributed by atoms with van der Waals surface area (Å²) in [4.78, 5) is 12.2. The highest BCUT2D eigenvalue weighted by Crippen LogP contribution is 2.26. The molecule has 5 heteroatoms. The Labute approximate surface area is 115 Å². The Balaban J connectivity index is 2.22. The van der Waals surface area contributed by atoms with Crippen LogP contribution in [0.4, 0.5) is 5.69 Å². The molecule has 4 nitrogen and oxygen atoms in total. The fraction of sp³-hybridized carbons (Fsp3) is 0.462. The van der Waals surface area contributed by atoms with Crippen molar-refractivity contribution < 1.29 is 9.53 Å². The first-order chi connectivity index (χ1) is 8.42. The number of nitrogens with two attached hydrogens (primary N) is 1. The average Bonchev–Trinajstić information content (AvgIpc) is 2.71. The average molecular weight is 313 g/mol. The van der Waals surface area contributed by atoms with E-state index in [2.05, 4.69) is 21.2 Å². The third-order valence-electron chi connectivity index (χ3n) is 3.24. The Kier molecular flexibility index (Phi) is 3.75. The van der Waals surface area contributed by atoms with Crippen molar-refractivity contribution in [2.45, 2.75) is 25.8 Å². The molecule has 98 valence electrons. The largest absolute Gasteiger partial charge is 0.379 e. The Hall–Kier alpha value is -0.910. The smallest absolute Gasteiger partial charge is 0.246 e. The van der Waals surface area contributed by atoms with Gasteiger partial charge in [-0.25, -0.2) is 0 Å². The Morgan fingerprint density at radius 2 is 2.06 bits per heavy atom. The highest BCUT2D eigenvalue weighted by Gasteiger charge is 2.38. The number of carbonyl (C=O) groups is 1. The summed E-state index contributed by atoms with van der Waals surface area (Å²) in [6, 6.07) is 3.94. The van der Waals surface area contributed by atoms with Crippen molar-refractivity contribution in [2.24, 2.45) is 5.73 Å². The summed E-state index contributed by atoms with van der Waals surface area (Å²) in [5.74, 6) is -0.173. The first-order valence-corrected chi connectivity index (χ1v) is 6.66. The number of amides is 1. The first-order valence-electron chi connectivity index (χ1n) is 5.87. The van der Waals surface area contributed by atoms with Gasteiger partial charge in [0.1, 0.15) is 5.54 Å². The summed E-state index contributed by atoms with van der Waals surface area (Å²) in [5.41, 5.74) is 7.99. The molecule has 0 aliphatic carbocycles. The number of benzene rings is 1. The van der Waals surface area contributed by atoms with Gasteiger partial charge in [0, 0.05) is 16.8 Å². The summed E-state index contributed by atoms with van der Waals surface area (Å²) in [7, 11) is 0. The van der Waals surface area contributed by atoms with Gasteiger partial charge in [-0.15, -0.1) is 0 Å². The van der Waals surface area contributed by atoms with E-state index < -0.39 is 5.54 Å². The lowest BCUT2D eigenvalue weighted by atomic mass is 9.98. The molecule has 18 heavy (non-hydrogen) atoms. The second-order valence-corrected chi connectivity index (χ2v) is 5.74. The molecule has 0 spiro atoms. The highest BCUT2D eigenvalue weighted by atomic mass is 79.9. The van der Waals surface area contributed by atoms with Gasteiger partial charge in [-0.2, -0.15) is 0 Å². The lowest BCUT2D eigenvalue weighted by Gasteiger charge is -2.22. The van der Waals surface area contributed by atoms with Gasteiger partial charge in [-0.05, 0) is 43.5 Å². The Morgan fingerprint density at radius 1 is 1.44 bits per heavy atom. The van der Waals surface area contributed by atoms with Crippen LogP contribution in [-0.2, 0) is 9.53 Å². The zero-order valence-corrected chi connectivity index (χ0v) is 12.1. The van der Waals surface area contributed by atoms with Crippen molar-refractivity contribution in [3.8, 4) is 0 Å². The van der Waals surface area contributed by atoms with Crippen LogP contribution in [0.1, 0.15) is 17.5 Å². The van der Waals surface area contributed by atoms with E-state index in [1.54, 1.807) is 0 Å². The number of hydrogen-bond acceptors (Lipinski definition) is 3. The molecular formula is C13H17BrN2O2. The maximum absolute atomic E-state index is 12.2. The zero-order valence-electron chi connectivity index (χ0n) is 10.5. The quantitative estimate of drug-likeness (QED) is 0.879. The minimum Gasteiger partial charge on any atom is -0.379 e. The number of ether oxygens (including phenoxy) is 1. The van der Waals surface area contributed by atoms with Crippen LogP contribution < -0.4 is 11.1 Å². The van der Waals surface area contributed by atoms with E-state index in [0.717, 1.165) is 21.3 Å². The summed E-state index contributed by atoms with van der Waals surface area (Å²) in [6.45, 7) is 4.75. The molecule has 3 N–H and O–H groups in total. The molecule has 1 saturated heterocycles. The number of nitrogens with one attached hydrogen (secondary N) is 1. The van der Waals surface area contributed by atoms with Crippen LogP contribution in [0.25, 0.3) is 0 Å². The monoisotopic (exact) mass is 312 g/mol. The van der Waals surface area contributed by atoms with Crippen LogP contribution in [0.2, 0.25) is 0 Å². The van der Waals surface area contributed by atoms with Crippen molar-refractivity contribution >= 4 is 27.5 Å². The number of halogens is 1. The summed E-state index contributed by atoms with van der Waals surface area (Å²) in [5, 5.41) is 2.92. The van der Waals surface area contributed by atoms with Crippen LogP contribution in [0.5, 0.6) is 0 Å². The van der Waals surface area contributed by atoms with Crippen molar-refractivity contribution in [3.63, 3.8) is 0 Å². The van der Waals surface area contributed by atoms with Crippen LogP contribution in [-0.4, -0.2) is 24.7 Å². The van der Waals surface area contributed by atoms with Gasteiger partial charge >= 0.3 is 0 Å². The minimum absolute atomic E-state index is 0.173. The number of rotatable bonds is 2. The van der Waals surface area contributed by atoms with Crippen LogP contribution >= 0.6 is 15.9 Å². The minimum atomic E-state index is -0.897. The third-order valence-corrected chi connectivity index (χ3v) is 3.70. The van der Waals surface area contributed by atoms with Gasteiger partial charge in [0.2, 0.25) is 5.91 Å². The predicted molar refractivity (Wildman–Crippen MR) is 74.6 cm³/mol. The van der Waals surface area contributed by atoms with E-state index in [0.29, 0.717) is 13.0 Å². The van der Waals surface area contributed by atoms with E-state index in [4.69, 9.17) is 10.5 Å². The van der Waals surface area contributed by atoms with Crippen LogP contribution in [0, 0.1) is 13.8 Å². The molecule has 0 aromatic heterocycles. The first kappa shape index (κ1) is 13.5. The normalized spacial score (nSPS) is 23.1. The van der Waals surface area contributed by atoms with E-state index in [-0.39, 0.29) is 12.5 Å². The van der Waals surface area contributed by atoms with E-state index >= 15 is 0 Å². The molecule has 1 fully saturated rings. The van der Waals surface area contributed by atoms with Gasteiger partial charge in [-0.3, -0.25) is 4.79 Å². The summed E-state index contributed by atoms with van der Waals surface area (Å²) < 4.78 is 6.21. The van der Waals surface area contributed by atoms with Gasteiger partial charge < -0.3 is 15.8 Å². The van der Waals surface area contributed by atoms with Crippen molar-refractivity contribution in [2.75, 3.05) is 18.5 Å². The van der Waals surface area contributed by atoms with Crippen molar-refractivity contribution in [1.29, 1.82) is 0 Å². The second-order valence-electron chi connectivity index (χ2n) is 4.83. The Bertz CT molecular complexity index is 459. The second kappa shape index (κ2) is 4.99. The summed E-state index contributed by atoms with van der Waals surface area (Å²) >= 11 is 3.43. The lowest BCUT2D eigenvalue weighted by Crippen LogP contribution is -2.51.